The van der Waals surface area contributed by atoms with Crippen molar-refractivity contribution in [2.45, 2.75) is 26.9 Å². The van der Waals surface area contributed by atoms with Gasteiger partial charge in [0.15, 0.2) is 0 Å². The number of carbonyl (C=O) groups excluding carboxylic acids is 3. The Morgan fingerprint density at radius 3 is 2.35 bits per heavy atom. The van der Waals surface area contributed by atoms with Gasteiger partial charge in [-0.05, 0) is 32.4 Å². The van der Waals surface area contributed by atoms with Crippen LogP contribution in [-0.2, 0) is 9.53 Å². The highest BCUT2D eigenvalue weighted by Gasteiger charge is 2.27. The Morgan fingerprint density at radius 2 is 1.73 bits per heavy atom. The number of rotatable bonds is 5. The summed E-state index contributed by atoms with van der Waals surface area (Å²) in [5.41, 5.74) is 2.63. The lowest BCUT2D eigenvalue weighted by Crippen LogP contribution is -2.42. The van der Waals surface area contributed by atoms with Crippen molar-refractivity contribution >= 4 is 17.9 Å². The van der Waals surface area contributed by atoms with Gasteiger partial charge in [0, 0.05) is 12.1 Å². The topological polar surface area (TPSA) is 84.5 Å². The number of nitrogens with one attached hydrogen (secondary N) is 2. The number of amides is 3. The van der Waals surface area contributed by atoms with Crippen molar-refractivity contribution in [2.75, 3.05) is 6.54 Å². The van der Waals surface area contributed by atoms with Crippen LogP contribution in [0, 0.1) is 13.8 Å². The fraction of sp³-hybridized carbons (Fsp3) is 0.250. The van der Waals surface area contributed by atoms with Gasteiger partial charge in [-0.3, -0.25) is 10.1 Å². The van der Waals surface area contributed by atoms with E-state index >= 15 is 0 Å². The smallest absolute Gasteiger partial charge is 0.339 e. The first-order chi connectivity index (χ1) is 12.4. The summed E-state index contributed by atoms with van der Waals surface area (Å²) < 4.78 is 5.45. The highest BCUT2D eigenvalue weighted by atomic mass is 16.5. The molecular weight excluding hydrogens is 332 g/mol. The standard InChI is InChI=1S/C20H22N2O4/c1-4-21-20(25)22-18(23)17(15-8-6-5-7-9-15)26-19(24)16-11-10-13(2)12-14(16)3/h5-12,17H,4H2,1-3H3,(H2,21,22,23,25)/t17-/m0/s1. The van der Waals surface area contributed by atoms with Gasteiger partial charge in [0.2, 0.25) is 6.10 Å². The average Bonchev–Trinajstić information content (AvgIpc) is 2.60. The zero-order valence-corrected chi connectivity index (χ0v) is 15.0. The lowest BCUT2D eigenvalue weighted by Gasteiger charge is -2.18. The van der Waals surface area contributed by atoms with E-state index in [0.29, 0.717) is 17.7 Å². The number of aryl methyl sites for hydroxylation is 2. The van der Waals surface area contributed by atoms with E-state index in [0.717, 1.165) is 11.1 Å². The SMILES string of the molecule is CCNC(=O)NC(=O)[C@@H](OC(=O)c1ccc(C)cc1C)c1ccccc1. The molecule has 0 spiro atoms. The zero-order valence-electron chi connectivity index (χ0n) is 15.0. The Morgan fingerprint density at radius 1 is 1.04 bits per heavy atom. The molecule has 0 bridgehead atoms. The number of imide groups is 1. The summed E-state index contributed by atoms with van der Waals surface area (Å²) >= 11 is 0. The first-order valence-electron chi connectivity index (χ1n) is 8.34. The van der Waals surface area contributed by atoms with Crippen molar-refractivity contribution in [1.82, 2.24) is 10.6 Å². The van der Waals surface area contributed by atoms with Gasteiger partial charge in [0.05, 0.1) is 5.56 Å². The summed E-state index contributed by atoms with van der Waals surface area (Å²) in [6.07, 6.45) is -1.23. The van der Waals surface area contributed by atoms with E-state index in [1.54, 1.807) is 56.3 Å². The number of carbonyl (C=O) groups is 3. The molecule has 1 atom stereocenters. The summed E-state index contributed by atoms with van der Waals surface area (Å²) in [5.74, 6) is -1.33. The molecule has 3 amide bonds. The molecule has 0 unspecified atom stereocenters. The van der Waals surface area contributed by atoms with Crippen molar-refractivity contribution in [3.8, 4) is 0 Å². The minimum absolute atomic E-state index is 0.372. The Labute approximate surface area is 152 Å². The summed E-state index contributed by atoms with van der Waals surface area (Å²) in [6, 6.07) is 13.3. The fourth-order valence-corrected chi connectivity index (χ4v) is 2.50. The van der Waals surface area contributed by atoms with E-state index in [9.17, 15) is 14.4 Å². The molecule has 6 heteroatoms. The minimum Gasteiger partial charge on any atom is -0.444 e. The van der Waals surface area contributed by atoms with Gasteiger partial charge >= 0.3 is 12.0 Å². The Balaban J connectivity index is 2.25. The third kappa shape index (κ3) is 4.92. The summed E-state index contributed by atoms with van der Waals surface area (Å²) in [5, 5.41) is 4.67. The fourth-order valence-electron chi connectivity index (χ4n) is 2.50. The molecule has 0 aliphatic rings. The van der Waals surface area contributed by atoms with Crippen molar-refractivity contribution < 1.29 is 19.1 Å². The maximum Gasteiger partial charge on any atom is 0.339 e. The van der Waals surface area contributed by atoms with Crippen molar-refractivity contribution in [3.05, 3.63) is 70.8 Å². The first-order valence-corrected chi connectivity index (χ1v) is 8.34. The second kappa shape index (κ2) is 8.80. The van der Waals surface area contributed by atoms with Crippen LogP contribution in [0.3, 0.4) is 0 Å². The number of urea groups is 1. The molecule has 2 aromatic rings. The number of benzene rings is 2. The largest absolute Gasteiger partial charge is 0.444 e. The molecule has 0 aromatic heterocycles. The molecule has 0 aliphatic heterocycles. The quantitative estimate of drug-likeness (QED) is 0.808. The first kappa shape index (κ1) is 19.2. The van der Waals surface area contributed by atoms with Crippen LogP contribution in [0.4, 0.5) is 4.79 Å². The number of hydrogen-bond acceptors (Lipinski definition) is 4. The third-order valence-corrected chi connectivity index (χ3v) is 3.74. The maximum absolute atomic E-state index is 12.6. The third-order valence-electron chi connectivity index (χ3n) is 3.74. The monoisotopic (exact) mass is 354 g/mol. The predicted octanol–water partition coefficient (Wildman–Crippen LogP) is 3.05. The van der Waals surface area contributed by atoms with E-state index in [2.05, 4.69) is 10.6 Å². The van der Waals surface area contributed by atoms with Gasteiger partial charge in [-0.2, -0.15) is 0 Å². The zero-order chi connectivity index (χ0) is 19.1. The van der Waals surface area contributed by atoms with Gasteiger partial charge < -0.3 is 10.1 Å². The molecule has 0 radical (unpaired) electrons. The van der Waals surface area contributed by atoms with Crippen LogP contribution in [0.5, 0.6) is 0 Å². The molecule has 2 rings (SSSR count). The van der Waals surface area contributed by atoms with Crippen LogP contribution in [0.25, 0.3) is 0 Å². The molecule has 0 aliphatic carbocycles. The molecule has 0 saturated heterocycles. The lowest BCUT2D eigenvalue weighted by molar-refractivity contribution is -0.129. The molecule has 136 valence electrons. The van der Waals surface area contributed by atoms with Crippen LogP contribution in [0.2, 0.25) is 0 Å². The molecule has 0 fully saturated rings. The Hall–Kier alpha value is -3.15. The highest BCUT2D eigenvalue weighted by Crippen LogP contribution is 2.21. The van der Waals surface area contributed by atoms with Crippen LogP contribution in [0.1, 0.15) is 40.1 Å². The summed E-state index contributed by atoms with van der Waals surface area (Å²) in [6.45, 7) is 5.83. The van der Waals surface area contributed by atoms with Crippen LogP contribution < -0.4 is 10.6 Å². The van der Waals surface area contributed by atoms with Gasteiger partial charge in [0.25, 0.3) is 5.91 Å². The van der Waals surface area contributed by atoms with Crippen LogP contribution in [0.15, 0.2) is 48.5 Å². The molecule has 6 nitrogen and oxygen atoms in total. The van der Waals surface area contributed by atoms with E-state index < -0.39 is 24.0 Å². The Bertz CT molecular complexity index is 803. The molecule has 0 heterocycles. The predicted molar refractivity (Wildman–Crippen MR) is 97.7 cm³/mol. The van der Waals surface area contributed by atoms with E-state index in [1.807, 2.05) is 13.0 Å². The summed E-state index contributed by atoms with van der Waals surface area (Å²) in [7, 11) is 0. The van der Waals surface area contributed by atoms with Gasteiger partial charge in [-0.25, -0.2) is 9.59 Å². The summed E-state index contributed by atoms with van der Waals surface area (Å²) in [4.78, 5) is 36.7. The molecule has 2 N–H and O–H groups in total. The van der Waals surface area contributed by atoms with Crippen molar-refractivity contribution in [2.24, 2.45) is 0 Å². The Kier molecular flexibility index (Phi) is 6.49. The van der Waals surface area contributed by atoms with Crippen molar-refractivity contribution in [3.63, 3.8) is 0 Å². The van der Waals surface area contributed by atoms with Crippen LogP contribution in [-0.4, -0.2) is 24.5 Å². The van der Waals surface area contributed by atoms with Crippen LogP contribution >= 0.6 is 0 Å². The number of ether oxygens (including phenoxy) is 1. The van der Waals surface area contributed by atoms with Crippen molar-refractivity contribution in [1.29, 1.82) is 0 Å². The second-order valence-electron chi connectivity index (χ2n) is 5.86. The van der Waals surface area contributed by atoms with E-state index in [-0.39, 0.29) is 0 Å². The molecule has 2 aromatic carbocycles. The van der Waals surface area contributed by atoms with E-state index in [1.165, 1.54) is 0 Å². The second-order valence-corrected chi connectivity index (χ2v) is 5.86. The highest BCUT2D eigenvalue weighted by molar-refractivity contribution is 5.99. The lowest BCUT2D eigenvalue weighted by atomic mass is 10.1. The maximum atomic E-state index is 12.6. The number of hydrogen-bond donors (Lipinski definition) is 2. The van der Waals surface area contributed by atoms with Gasteiger partial charge in [-0.1, -0.05) is 48.0 Å². The molecular formula is C20H22N2O4. The normalized spacial score (nSPS) is 11.3. The van der Waals surface area contributed by atoms with Gasteiger partial charge in [-0.15, -0.1) is 0 Å². The molecule has 0 saturated carbocycles. The molecule has 26 heavy (non-hydrogen) atoms. The number of esters is 1. The average molecular weight is 354 g/mol. The minimum atomic E-state index is -1.23. The van der Waals surface area contributed by atoms with Gasteiger partial charge in [0.1, 0.15) is 0 Å². The van der Waals surface area contributed by atoms with E-state index in [4.69, 9.17) is 4.74 Å².